The van der Waals surface area contributed by atoms with Crippen molar-refractivity contribution in [1.82, 2.24) is 19.8 Å². The Morgan fingerprint density at radius 2 is 2.24 bits per heavy atom. The summed E-state index contributed by atoms with van der Waals surface area (Å²) in [5.74, 6) is 0.183. The summed E-state index contributed by atoms with van der Waals surface area (Å²) in [5.41, 5.74) is 5.85. The molecule has 1 aliphatic rings. The molecule has 0 aromatic carbocycles. The molecule has 1 aliphatic heterocycles. The van der Waals surface area contributed by atoms with Gasteiger partial charge in [-0.2, -0.15) is 0 Å². The third-order valence-corrected chi connectivity index (χ3v) is 2.96. The van der Waals surface area contributed by atoms with Crippen molar-refractivity contribution in [1.29, 1.82) is 0 Å². The topological polar surface area (TPSA) is 75.3 Å². The summed E-state index contributed by atoms with van der Waals surface area (Å²) < 4.78 is 0. The molecule has 2 heterocycles. The van der Waals surface area contributed by atoms with Crippen molar-refractivity contribution in [2.45, 2.75) is 13.0 Å². The van der Waals surface area contributed by atoms with Crippen molar-refractivity contribution in [3.63, 3.8) is 0 Å². The van der Waals surface area contributed by atoms with Crippen LogP contribution < -0.4 is 5.73 Å². The first-order valence-corrected chi connectivity index (χ1v) is 5.65. The van der Waals surface area contributed by atoms with Gasteiger partial charge in [0.25, 0.3) is 5.91 Å². The highest BCUT2D eigenvalue weighted by Gasteiger charge is 2.27. The molecule has 0 bridgehead atoms. The quantitative estimate of drug-likeness (QED) is 0.731. The molecule has 0 saturated carbocycles. The Morgan fingerprint density at radius 1 is 1.47 bits per heavy atom. The van der Waals surface area contributed by atoms with E-state index in [0.29, 0.717) is 12.2 Å². The second-order valence-corrected chi connectivity index (χ2v) is 4.44. The van der Waals surface area contributed by atoms with E-state index in [-0.39, 0.29) is 17.8 Å². The second kappa shape index (κ2) is 4.67. The van der Waals surface area contributed by atoms with Crippen LogP contribution in [-0.2, 0) is 0 Å². The number of likely N-dealkylation sites (N-methyl/N-ethyl adjacent to an activating group) is 1. The first kappa shape index (κ1) is 11.8. The minimum Gasteiger partial charge on any atom is -0.382 e. The van der Waals surface area contributed by atoms with Crippen LogP contribution in [0.2, 0.25) is 0 Å². The number of carbonyl (C=O) groups is 1. The Hall–Kier alpha value is -1.69. The summed E-state index contributed by atoms with van der Waals surface area (Å²) >= 11 is 0. The molecule has 1 saturated heterocycles. The predicted octanol–water partition coefficient (Wildman–Crippen LogP) is -0.165. The zero-order valence-corrected chi connectivity index (χ0v) is 10.1. The number of piperazine rings is 1. The highest BCUT2D eigenvalue weighted by atomic mass is 16.2. The van der Waals surface area contributed by atoms with E-state index in [4.69, 9.17) is 5.73 Å². The smallest absolute Gasteiger partial charge is 0.274 e. The summed E-state index contributed by atoms with van der Waals surface area (Å²) in [5, 5.41) is 0. The number of hydrogen-bond donors (Lipinski definition) is 1. The number of nitrogens with zero attached hydrogens (tertiary/aromatic N) is 4. The maximum absolute atomic E-state index is 12.2. The van der Waals surface area contributed by atoms with E-state index >= 15 is 0 Å². The molecule has 0 radical (unpaired) electrons. The Kier molecular flexibility index (Phi) is 3.23. The molecule has 6 nitrogen and oxygen atoms in total. The fraction of sp³-hybridized carbons (Fsp3) is 0.545. The molecule has 1 aromatic heterocycles. The van der Waals surface area contributed by atoms with Gasteiger partial charge in [0, 0.05) is 25.7 Å². The minimum absolute atomic E-state index is 0.0922. The zero-order chi connectivity index (χ0) is 12.4. The summed E-state index contributed by atoms with van der Waals surface area (Å²) in [7, 11) is 2.05. The van der Waals surface area contributed by atoms with E-state index in [1.54, 1.807) is 0 Å². The van der Waals surface area contributed by atoms with Gasteiger partial charge in [-0.1, -0.05) is 0 Å². The number of nitrogen functional groups attached to an aromatic ring is 1. The Bertz CT molecular complexity index is 422. The van der Waals surface area contributed by atoms with E-state index in [2.05, 4.69) is 21.9 Å². The van der Waals surface area contributed by atoms with Crippen LogP contribution in [0.4, 0.5) is 5.82 Å². The predicted molar refractivity (Wildman–Crippen MR) is 64.4 cm³/mol. The van der Waals surface area contributed by atoms with E-state index in [9.17, 15) is 4.79 Å². The Balaban J connectivity index is 2.15. The lowest BCUT2D eigenvalue weighted by molar-refractivity contribution is 0.0527. The maximum atomic E-state index is 12.2. The normalized spacial score (nSPS) is 21.5. The average molecular weight is 235 g/mol. The van der Waals surface area contributed by atoms with Crippen molar-refractivity contribution >= 4 is 11.7 Å². The lowest BCUT2D eigenvalue weighted by atomic mass is 10.2. The molecule has 0 aliphatic carbocycles. The maximum Gasteiger partial charge on any atom is 0.274 e. The molecule has 1 amide bonds. The van der Waals surface area contributed by atoms with Crippen molar-refractivity contribution in [3.8, 4) is 0 Å². The highest BCUT2D eigenvalue weighted by molar-refractivity contribution is 5.92. The van der Waals surface area contributed by atoms with Crippen molar-refractivity contribution < 1.29 is 4.79 Å². The number of carbonyl (C=O) groups excluding carboxylic acids is 1. The standard InChI is InChI=1S/C11H17N5O/c1-8-7-15(2)3-4-16(8)11(17)9-5-13-6-10(12)14-9/h5-6,8H,3-4,7H2,1-2H3,(H2,12,14). The third kappa shape index (κ3) is 2.52. The lowest BCUT2D eigenvalue weighted by Gasteiger charge is -2.37. The molecule has 2 N–H and O–H groups in total. The van der Waals surface area contributed by atoms with Gasteiger partial charge in [0.15, 0.2) is 0 Å². The minimum atomic E-state index is -0.0922. The van der Waals surface area contributed by atoms with Gasteiger partial charge >= 0.3 is 0 Å². The summed E-state index contributed by atoms with van der Waals surface area (Å²) in [6.07, 6.45) is 2.90. The molecule has 1 fully saturated rings. The van der Waals surface area contributed by atoms with Gasteiger partial charge in [-0.05, 0) is 14.0 Å². The van der Waals surface area contributed by atoms with Gasteiger partial charge in [-0.25, -0.2) is 4.98 Å². The fourth-order valence-electron chi connectivity index (χ4n) is 2.07. The molecule has 1 aromatic rings. The Morgan fingerprint density at radius 3 is 2.88 bits per heavy atom. The van der Waals surface area contributed by atoms with Gasteiger partial charge in [-0.15, -0.1) is 0 Å². The van der Waals surface area contributed by atoms with Crippen LogP contribution in [0.5, 0.6) is 0 Å². The second-order valence-electron chi connectivity index (χ2n) is 4.44. The molecular formula is C11H17N5O. The average Bonchev–Trinajstić information content (AvgIpc) is 2.28. The number of rotatable bonds is 1. The summed E-state index contributed by atoms with van der Waals surface area (Å²) in [4.78, 5) is 24.2. The lowest BCUT2D eigenvalue weighted by Crippen LogP contribution is -2.52. The Labute approximate surface area is 100 Å². The molecule has 6 heteroatoms. The van der Waals surface area contributed by atoms with Crippen LogP contribution in [0.25, 0.3) is 0 Å². The van der Waals surface area contributed by atoms with Gasteiger partial charge in [-0.3, -0.25) is 9.78 Å². The molecule has 0 spiro atoms. The fourth-order valence-corrected chi connectivity index (χ4v) is 2.07. The molecule has 2 rings (SSSR count). The van der Waals surface area contributed by atoms with Crippen LogP contribution >= 0.6 is 0 Å². The molecular weight excluding hydrogens is 218 g/mol. The largest absolute Gasteiger partial charge is 0.382 e. The van der Waals surface area contributed by atoms with Gasteiger partial charge < -0.3 is 15.5 Å². The first-order valence-electron chi connectivity index (χ1n) is 5.65. The van der Waals surface area contributed by atoms with Crippen LogP contribution in [0.15, 0.2) is 12.4 Å². The van der Waals surface area contributed by atoms with Gasteiger partial charge in [0.2, 0.25) is 0 Å². The van der Waals surface area contributed by atoms with Crippen LogP contribution in [0.3, 0.4) is 0 Å². The summed E-state index contributed by atoms with van der Waals surface area (Å²) in [6, 6.07) is 0.185. The van der Waals surface area contributed by atoms with Crippen LogP contribution in [0.1, 0.15) is 17.4 Å². The molecule has 1 unspecified atom stereocenters. The molecule has 1 atom stereocenters. The van der Waals surface area contributed by atoms with Crippen LogP contribution in [-0.4, -0.2) is 58.4 Å². The number of amides is 1. The van der Waals surface area contributed by atoms with E-state index < -0.39 is 0 Å². The van der Waals surface area contributed by atoms with Crippen molar-refractivity contribution in [2.24, 2.45) is 0 Å². The summed E-state index contributed by atoms with van der Waals surface area (Å²) in [6.45, 7) is 4.51. The third-order valence-electron chi connectivity index (χ3n) is 2.96. The number of hydrogen-bond acceptors (Lipinski definition) is 5. The highest BCUT2D eigenvalue weighted by Crippen LogP contribution is 2.11. The van der Waals surface area contributed by atoms with Gasteiger partial charge in [0.05, 0.1) is 12.4 Å². The van der Waals surface area contributed by atoms with Crippen LogP contribution in [0, 0.1) is 0 Å². The number of aromatic nitrogens is 2. The monoisotopic (exact) mass is 235 g/mol. The molecule has 92 valence electrons. The van der Waals surface area contributed by atoms with E-state index in [0.717, 1.165) is 13.1 Å². The van der Waals surface area contributed by atoms with Gasteiger partial charge in [0.1, 0.15) is 11.5 Å². The zero-order valence-electron chi connectivity index (χ0n) is 10.1. The number of nitrogens with two attached hydrogens (primary N) is 1. The first-order chi connectivity index (χ1) is 8.08. The SMILES string of the molecule is CC1CN(C)CCN1C(=O)c1cncc(N)n1. The van der Waals surface area contributed by atoms with Crippen molar-refractivity contribution in [3.05, 3.63) is 18.1 Å². The van der Waals surface area contributed by atoms with E-state index in [1.165, 1.54) is 12.4 Å². The number of anilines is 1. The molecule has 17 heavy (non-hydrogen) atoms. The van der Waals surface area contributed by atoms with Crippen molar-refractivity contribution in [2.75, 3.05) is 32.4 Å². The van der Waals surface area contributed by atoms with E-state index in [1.807, 2.05) is 11.8 Å².